The second-order valence-electron chi connectivity index (χ2n) is 6.82. The van der Waals surface area contributed by atoms with Gasteiger partial charge in [-0.05, 0) is 42.4 Å². The molecule has 3 nitrogen and oxygen atoms in total. The molecule has 1 atom stereocenters. The van der Waals surface area contributed by atoms with Crippen LogP contribution < -0.4 is 14.8 Å². The van der Waals surface area contributed by atoms with E-state index in [4.69, 9.17) is 9.47 Å². The van der Waals surface area contributed by atoms with E-state index in [1.54, 1.807) is 0 Å². The van der Waals surface area contributed by atoms with Gasteiger partial charge >= 0.3 is 0 Å². The lowest BCUT2D eigenvalue weighted by Crippen LogP contribution is -2.26. The van der Waals surface area contributed by atoms with Crippen molar-refractivity contribution in [1.29, 1.82) is 0 Å². The Balaban J connectivity index is 1.59. The van der Waals surface area contributed by atoms with Gasteiger partial charge in [-0.15, -0.1) is 0 Å². The van der Waals surface area contributed by atoms with Gasteiger partial charge < -0.3 is 14.8 Å². The Hall–Kier alpha value is -1.22. The summed E-state index contributed by atoms with van der Waals surface area (Å²) in [6.07, 6.45) is 4.85. The van der Waals surface area contributed by atoms with Gasteiger partial charge in [0.25, 0.3) is 0 Å². The minimum atomic E-state index is 0.502. The fourth-order valence-corrected chi connectivity index (χ4v) is 3.19. The van der Waals surface area contributed by atoms with Crippen LogP contribution in [0.15, 0.2) is 18.2 Å². The molecule has 1 aliphatic heterocycles. The second-order valence-corrected chi connectivity index (χ2v) is 6.82. The van der Waals surface area contributed by atoms with Crippen molar-refractivity contribution in [3.63, 3.8) is 0 Å². The maximum atomic E-state index is 5.74. The molecule has 0 bridgehead atoms. The topological polar surface area (TPSA) is 30.5 Å². The molecular formula is C17H25NO2. The molecule has 0 radical (unpaired) electrons. The van der Waals surface area contributed by atoms with Gasteiger partial charge in [-0.2, -0.15) is 0 Å². The van der Waals surface area contributed by atoms with Crippen molar-refractivity contribution >= 4 is 0 Å². The summed E-state index contributed by atoms with van der Waals surface area (Å²) in [4.78, 5) is 0. The molecular weight excluding hydrogens is 250 g/mol. The van der Waals surface area contributed by atoms with E-state index in [1.807, 2.05) is 6.07 Å². The lowest BCUT2D eigenvalue weighted by Gasteiger charge is -2.18. The van der Waals surface area contributed by atoms with Crippen LogP contribution >= 0.6 is 0 Å². The first-order valence-electron chi connectivity index (χ1n) is 7.74. The summed E-state index contributed by atoms with van der Waals surface area (Å²) in [6, 6.07) is 6.95. The van der Waals surface area contributed by atoms with Crippen LogP contribution in [-0.4, -0.2) is 19.3 Å². The molecule has 3 heteroatoms. The Labute approximate surface area is 121 Å². The van der Waals surface area contributed by atoms with Crippen LogP contribution in [0.25, 0.3) is 0 Å². The highest BCUT2D eigenvalue weighted by Crippen LogP contribution is 2.37. The Morgan fingerprint density at radius 3 is 2.75 bits per heavy atom. The molecule has 0 spiro atoms. The van der Waals surface area contributed by atoms with Crippen LogP contribution in [0.2, 0.25) is 0 Å². The number of nitrogens with one attached hydrogen (secondary N) is 1. The van der Waals surface area contributed by atoms with Crippen molar-refractivity contribution in [2.45, 2.75) is 52.1 Å². The fourth-order valence-electron chi connectivity index (χ4n) is 3.19. The number of hydrogen-bond acceptors (Lipinski definition) is 3. The van der Waals surface area contributed by atoms with Gasteiger partial charge in [0.2, 0.25) is 0 Å². The molecule has 2 aliphatic rings. The number of hydrogen-bond donors (Lipinski definition) is 1. The maximum absolute atomic E-state index is 5.74. The smallest absolute Gasteiger partial charge is 0.161 e. The molecule has 20 heavy (non-hydrogen) atoms. The van der Waals surface area contributed by atoms with Gasteiger partial charge in [0, 0.05) is 19.0 Å². The standard InChI is InChI=1S/C17H25NO2/c1-17(2)7-6-14(11-17)18-12-13-4-5-15-16(10-13)20-9-3-8-19-15/h4-5,10,14,18H,3,6-9,11-12H2,1-2H3. The summed E-state index contributed by atoms with van der Waals surface area (Å²) in [5.41, 5.74) is 1.78. The number of benzene rings is 1. The summed E-state index contributed by atoms with van der Waals surface area (Å²) in [7, 11) is 0. The van der Waals surface area contributed by atoms with Crippen LogP contribution in [0.4, 0.5) is 0 Å². The molecule has 110 valence electrons. The van der Waals surface area contributed by atoms with Crippen LogP contribution in [0.1, 0.15) is 45.1 Å². The minimum absolute atomic E-state index is 0.502. The van der Waals surface area contributed by atoms with E-state index in [9.17, 15) is 0 Å². The van der Waals surface area contributed by atoms with E-state index in [-0.39, 0.29) is 0 Å². The summed E-state index contributed by atoms with van der Waals surface area (Å²) in [6.45, 7) is 7.14. The molecule has 1 aliphatic carbocycles. The predicted molar refractivity (Wildman–Crippen MR) is 80.3 cm³/mol. The van der Waals surface area contributed by atoms with Crippen molar-refractivity contribution in [3.8, 4) is 11.5 Å². The molecule has 1 aromatic rings. The molecule has 1 unspecified atom stereocenters. The first-order chi connectivity index (χ1) is 9.62. The van der Waals surface area contributed by atoms with Gasteiger partial charge in [0.05, 0.1) is 13.2 Å². The molecule has 1 fully saturated rings. The second kappa shape index (κ2) is 5.65. The molecule has 1 N–H and O–H groups in total. The third-order valence-electron chi connectivity index (χ3n) is 4.38. The average Bonchev–Trinajstić information content (AvgIpc) is 2.63. The number of fused-ring (bicyclic) bond motifs is 1. The largest absolute Gasteiger partial charge is 0.490 e. The predicted octanol–water partition coefficient (Wildman–Crippen LogP) is 3.52. The van der Waals surface area contributed by atoms with E-state index in [1.165, 1.54) is 24.8 Å². The summed E-state index contributed by atoms with van der Waals surface area (Å²) >= 11 is 0. The van der Waals surface area contributed by atoms with E-state index in [0.29, 0.717) is 11.5 Å². The molecule has 3 rings (SSSR count). The summed E-state index contributed by atoms with van der Waals surface area (Å²) in [5.74, 6) is 1.78. The van der Waals surface area contributed by atoms with Crippen molar-refractivity contribution < 1.29 is 9.47 Å². The van der Waals surface area contributed by atoms with Crippen molar-refractivity contribution in [2.75, 3.05) is 13.2 Å². The SMILES string of the molecule is CC1(C)CCC(NCc2ccc3c(c2)OCCCO3)C1. The zero-order valence-electron chi connectivity index (χ0n) is 12.6. The van der Waals surface area contributed by atoms with Crippen LogP contribution in [0.3, 0.4) is 0 Å². The van der Waals surface area contributed by atoms with Crippen LogP contribution in [-0.2, 0) is 6.54 Å². The highest BCUT2D eigenvalue weighted by molar-refractivity contribution is 5.43. The Kier molecular flexibility index (Phi) is 3.88. The lowest BCUT2D eigenvalue weighted by molar-refractivity contribution is 0.297. The summed E-state index contributed by atoms with van der Waals surface area (Å²) < 4.78 is 11.4. The van der Waals surface area contributed by atoms with Crippen molar-refractivity contribution in [3.05, 3.63) is 23.8 Å². The van der Waals surface area contributed by atoms with E-state index >= 15 is 0 Å². The Morgan fingerprint density at radius 2 is 2.00 bits per heavy atom. The fraction of sp³-hybridized carbons (Fsp3) is 0.647. The highest BCUT2D eigenvalue weighted by Gasteiger charge is 2.30. The van der Waals surface area contributed by atoms with E-state index < -0.39 is 0 Å². The lowest BCUT2D eigenvalue weighted by atomic mass is 9.92. The zero-order valence-corrected chi connectivity index (χ0v) is 12.6. The third-order valence-corrected chi connectivity index (χ3v) is 4.38. The number of rotatable bonds is 3. The molecule has 1 aromatic carbocycles. The van der Waals surface area contributed by atoms with E-state index in [0.717, 1.165) is 37.7 Å². The van der Waals surface area contributed by atoms with Crippen LogP contribution in [0, 0.1) is 5.41 Å². The molecule has 0 aromatic heterocycles. The Bertz CT molecular complexity index is 470. The Morgan fingerprint density at radius 1 is 1.20 bits per heavy atom. The summed E-state index contributed by atoms with van der Waals surface area (Å²) in [5, 5.41) is 3.68. The van der Waals surface area contributed by atoms with Crippen molar-refractivity contribution in [2.24, 2.45) is 5.41 Å². The highest BCUT2D eigenvalue weighted by atomic mass is 16.5. The van der Waals surface area contributed by atoms with Gasteiger partial charge in [-0.3, -0.25) is 0 Å². The third kappa shape index (κ3) is 3.26. The molecule has 1 heterocycles. The normalized spacial score (nSPS) is 24.4. The van der Waals surface area contributed by atoms with Gasteiger partial charge in [0.1, 0.15) is 0 Å². The van der Waals surface area contributed by atoms with Gasteiger partial charge in [0.15, 0.2) is 11.5 Å². The molecule has 0 saturated heterocycles. The van der Waals surface area contributed by atoms with Crippen LogP contribution in [0.5, 0.6) is 11.5 Å². The van der Waals surface area contributed by atoms with Gasteiger partial charge in [-0.25, -0.2) is 0 Å². The zero-order chi connectivity index (χ0) is 14.0. The minimum Gasteiger partial charge on any atom is -0.490 e. The molecule has 0 amide bonds. The quantitative estimate of drug-likeness (QED) is 0.915. The average molecular weight is 275 g/mol. The van der Waals surface area contributed by atoms with E-state index in [2.05, 4.69) is 31.3 Å². The first kappa shape index (κ1) is 13.7. The van der Waals surface area contributed by atoms with Gasteiger partial charge in [-0.1, -0.05) is 19.9 Å². The molecule has 1 saturated carbocycles. The van der Waals surface area contributed by atoms with Crippen molar-refractivity contribution in [1.82, 2.24) is 5.32 Å². The maximum Gasteiger partial charge on any atom is 0.161 e. The first-order valence-corrected chi connectivity index (χ1v) is 7.74. The monoisotopic (exact) mass is 275 g/mol. The number of ether oxygens (including phenoxy) is 2.